The van der Waals surface area contributed by atoms with E-state index in [4.69, 9.17) is 0 Å². The van der Waals surface area contributed by atoms with E-state index in [0.717, 1.165) is 5.69 Å². The number of aryl methyl sites for hydroxylation is 1. The highest BCUT2D eigenvalue weighted by atomic mass is 16.4. The number of benzene rings is 1. The van der Waals surface area contributed by atoms with Gasteiger partial charge in [0.1, 0.15) is 5.92 Å². The van der Waals surface area contributed by atoms with Crippen LogP contribution in [0.3, 0.4) is 0 Å². The minimum atomic E-state index is -0.967. The van der Waals surface area contributed by atoms with Crippen LogP contribution >= 0.6 is 0 Å². The first-order valence-corrected chi connectivity index (χ1v) is 7.27. The standard InChI is InChI=1S/C17H15N3O3/c21-16-13-7-2-1-6-12(13)15(19-20-16)14(17(22)23)9-8-11-5-3-4-10-18-11/h1-7,10,14H,8-9H2,(H,20,21)(H,22,23). The lowest BCUT2D eigenvalue weighted by atomic mass is 9.94. The molecule has 6 nitrogen and oxygen atoms in total. The van der Waals surface area contributed by atoms with Crippen LogP contribution in [0.4, 0.5) is 0 Å². The van der Waals surface area contributed by atoms with E-state index in [0.29, 0.717) is 29.3 Å². The van der Waals surface area contributed by atoms with Crippen molar-refractivity contribution in [1.82, 2.24) is 15.2 Å². The molecular formula is C17H15N3O3. The number of aromatic nitrogens is 3. The van der Waals surface area contributed by atoms with Gasteiger partial charge in [0, 0.05) is 17.3 Å². The van der Waals surface area contributed by atoms with E-state index in [-0.39, 0.29) is 5.56 Å². The lowest BCUT2D eigenvalue weighted by molar-refractivity contribution is -0.139. The van der Waals surface area contributed by atoms with Crippen LogP contribution in [0.2, 0.25) is 0 Å². The predicted molar refractivity (Wildman–Crippen MR) is 85.3 cm³/mol. The van der Waals surface area contributed by atoms with Gasteiger partial charge in [-0.25, -0.2) is 5.10 Å². The van der Waals surface area contributed by atoms with Gasteiger partial charge in [0.25, 0.3) is 5.56 Å². The van der Waals surface area contributed by atoms with Gasteiger partial charge in [0.2, 0.25) is 0 Å². The maximum Gasteiger partial charge on any atom is 0.312 e. The Labute approximate surface area is 131 Å². The number of aliphatic carboxylic acids is 1. The van der Waals surface area contributed by atoms with Gasteiger partial charge in [-0.15, -0.1) is 0 Å². The number of H-pyrrole nitrogens is 1. The number of aromatic amines is 1. The Balaban J connectivity index is 1.97. The monoisotopic (exact) mass is 309 g/mol. The number of pyridine rings is 1. The minimum absolute atomic E-state index is 0.321. The summed E-state index contributed by atoms with van der Waals surface area (Å²) in [4.78, 5) is 27.7. The van der Waals surface area contributed by atoms with Crippen LogP contribution in [0.5, 0.6) is 0 Å². The highest BCUT2D eigenvalue weighted by Gasteiger charge is 2.24. The summed E-state index contributed by atoms with van der Waals surface area (Å²) in [6.07, 6.45) is 2.56. The van der Waals surface area contributed by atoms with Crippen LogP contribution in [0, 0.1) is 0 Å². The zero-order valence-corrected chi connectivity index (χ0v) is 12.3. The second kappa shape index (κ2) is 6.39. The molecule has 1 atom stereocenters. The van der Waals surface area contributed by atoms with Gasteiger partial charge in [0.15, 0.2) is 0 Å². The van der Waals surface area contributed by atoms with Crippen molar-refractivity contribution in [3.05, 3.63) is 70.4 Å². The Morgan fingerprint density at radius 2 is 1.87 bits per heavy atom. The molecule has 0 saturated carbocycles. The number of hydrogen-bond acceptors (Lipinski definition) is 4. The summed E-state index contributed by atoms with van der Waals surface area (Å²) < 4.78 is 0. The van der Waals surface area contributed by atoms with Crippen LogP contribution in [0.1, 0.15) is 23.7 Å². The molecule has 3 aromatic rings. The first-order chi connectivity index (χ1) is 11.2. The first-order valence-electron chi connectivity index (χ1n) is 7.27. The highest BCUT2D eigenvalue weighted by molar-refractivity contribution is 5.88. The highest BCUT2D eigenvalue weighted by Crippen LogP contribution is 2.25. The SMILES string of the molecule is O=C(O)C(CCc1ccccn1)c1n[nH]c(=O)c2ccccc12. The Hall–Kier alpha value is -3.02. The molecule has 0 amide bonds. The van der Waals surface area contributed by atoms with Crippen molar-refractivity contribution in [3.8, 4) is 0 Å². The summed E-state index contributed by atoms with van der Waals surface area (Å²) in [5, 5.41) is 17.0. The fourth-order valence-electron chi connectivity index (χ4n) is 2.62. The average Bonchev–Trinajstić information content (AvgIpc) is 2.58. The number of carboxylic acids is 1. The molecule has 3 rings (SSSR count). The summed E-state index contributed by atoms with van der Waals surface area (Å²) in [5.74, 6) is -1.77. The van der Waals surface area contributed by atoms with Gasteiger partial charge in [-0.3, -0.25) is 14.6 Å². The topological polar surface area (TPSA) is 95.9 Å². The molecular weight excluding hydrogens is 294 g/mol. The van der Waals surface area contributed by atoms with Crippen molar-refractivity contribution in [2.24, 2.45) is 0 Å². The molecule has 0 radical (unpaired) electrons. The molecule has 6 heteroatoms. The zero-order chi connectivity index (χ0) is 16.2. The van der Waals surface area contributed by atoms with E-state index < -0.39 is 11.9 Å². The van der Waals surface area contributed by atoms with Gasteiger partial charge in [-0.2, -0.15) is 5.10 Å². The number of nitrogens with zero attached hydrogens (tertiary/aromatic N) is 2. The maximum absolute atomic E-state index is 11.8. The molecule has 116 valence electrons. The van der Waals surface area contributed by atoms with Gasteiger partial charge < -0.3 is 5.11 Å². The largest absolute Gasteiger partial charge is 0.481 e. The molecule has 0 aliphatic carbocycles. The van der Waals surface area contributed by atoms with Crippen molar-refractivity contribution in [2.45, 2.75) is 18.8 Å². The van der Waals surface area contributed by atoms with Gasteiger partial charge >= 0.3 is 5.97 Å². The van der Waals surface area contributed by atoms with Crippen molar-refractivity contribution in [3.63, 3.8) is 0 Å². The summed E-state index contributed by atoms with van der Waals surface area (Å²) >= 11 is 0. The van der Waals surface area contributed by atoms with E-state index in [9.17, 15) is 14.7 Å². The van der Waals surface area contributed by atoms with E-state index in [1.807, 2.05) is 18.2 Å². The number of rotatable bonds is 5. The second-order valence-corrected chi connectivity index (χ2v) is 5.23. The smallest absolute Gasteiger partial charge is 0.312 e. The molecule has 0 fully saturated rings. The third-order valence-electron chi connectivity index (χ3n) is 3.77. The maximum atomic E-state index is 11.8. The number of fused-ring (bicyclic) bond motifs is 1. The Morgan fingerprint density at radius 1 is 1.13 bits per heavy atom. The fourth-order valence-corrected chi connectivity index (χ4v) is 2.62. The van der Waals surface area contributed by atoms with Crippen molar-refractivity contribution in [2.75, 3.05) is 0 Å². The second-order valence-electron chi connectivity index (χ2n) is 5.23. The van der Waals surface area contributed by atoms with Crippen LogP contribution in [-0.2, 0) is 11.2 Å². The molecule has 1 unspecified atom stereocenters. The third kappa shape index (κ3) is 3.11. The number of carboxylic acid groups (broad SMARTS) is 1. The van der Waals surface area contributed by atoms with Crippen LogP contribution in [-0.4, -0.2) is 26.3 Å². The lowest BCUT2D eigenvalue weighted by Gasteiger charge is -2.13. The molecule has 0 spiro atoms. The van der Waals surface area contributed by atoms with Crippen LogP contribution in [0.25, 0.3) is 10.8 Å². The molecule has 0 bridgehead atoms. The predicted octanol–water partition coefficient (Wildman–Crippen LogP) is 2.12. The molecule has 2 heterocycles. The van der Waals surface area contributed by atoms with E-state index in [1.165, 1.54) is 0 Å². The number of nitrogens with one attached hydrogen (secondary N) is 1. The van der Waals surface area contributed by atoms with Gasteiger partial charge in [-0.05, 0) is 31.0 Å². The van der Waals surface area contributed by atoms with E-state index in [2.05, 4.69) is 15.2 Å². The molecule has 0 aliphatic rings. The third-order valence-corrected chi connectivity index (χ3v) is 3.77. The van der Waals surface area contributed by atoms with Crippen molar-refractivity contribution in [1.29, 1.82) is 0 Å². The molecule has 2 N–H and O–H groups in total. The lowest BCUT2D eigenvalue weighted by Crippen LogP contribution is -2.19. The Morgan fingerprint density at radius 3 is 2.57 bits per heavy atom. The molecule has 0 aliphatic heterocycles. The Bertz CT molecular complexity index is 890. The average molecular weight is 309 g/mol. The van der Waals surface area contributed by atoms with E-state index in [1.54, 1.807) is 30.5 Å². The first kappa shape index (κ1) is 14.9. The van der Waals surface area contributed by atoms with E-state index >= 15 is 0 Å². The zero-order valence-electron chi connectivity index (χ0n) is 12.3. The Kier molecular flexibility index (Phi) is 4.14. The molecule has 2 aromatic heterocycles. The van der Waals surface area contributed by atoms with Crippen LogP contribution in [0.15, 0.2) is 53.5 Å². The molecule has 1 aromatic carbocycles. The number of carbonyl (C=O) groups is 1. The van der Waals surface area contributed by atoms with Crippen molar-refractivity contribution >= 4 is 16.7 Å². The minimum Gasteiger partial charge on any atom is -0.481 e. The molecule has 0 saturated heterocycles. The normalized spacial score (nSPS) is 12.2. The summed E-state index contributed by atoms with van der Waals surface area (Å²) in [5.41, 5.74) is 0.884. The summed E-state index contributed by atoms with van der Waals surface area (Å²) in [6, 6.07) is 12.4. The number of hydrogen-bond donors (Lipinski definition) is 2. The summed E-state index contributed by atoms with van der Waals surface area (Å²) in [7, 11) is 0. The summed E-state index contributed by atoms with van der Waals surface area (Å²) in [6.45, 7) is 0. The quantitative estimate of drug-likeness (QED) is 0.752. The fraction of sp³-hybridized carbons (Fsp3) is 0.176. The molecule has 23 heavy (non-hydrogen) atoms. The van der Waals surface area contributed by atoms with Gasteiger partial charge in [0.05, 0.1) is 11.1 Å². The van der Waals surface area contributed by atoms with Gasteiger partial charge in [-0.1, -0.05) is 24.3 Å². The van der Waals surface area contributed by atoms with Crippen LogP contribution < -0.4 is 5.56 Å². The van der Waals surface area contributed by atoms with Crippen molar-refractivity contribution < 1.29 is 9.90 Å².